The smallest absolute Gasteiger partial charge is 0.258 e. The van der Waals surface area contributed by atoms with Crippen molar-refractivity contribution in [3.63, 3.8) is 0 Å². The Bertz CT molecular complexity index is 1260. The molecule has 4 aromatic rings. The number of carbonyl (C=O) groups is 1. The van der Waals surface area contributed by atoms with Crippen molar-refractivity contribution in [3.8, 4) is 11.5 Å². The molecule has 1 amide bonds. The number of benzene rings is 3. The second kappa shape index (κ2) is 8.26. The molecular formula is C23H18ClN3O2S. The van der Waals surface area contributed by atoms with E-state index >= 15 is 0 Å². The summed E-state index contributed by atoms with van der Waals surface area (Å²) in [6, 6.07) is 18.4. The van der Waals surface area contributed by atoms with Crippen molar-refractivity contribution < 1.29 is 9.21 Å². The molecule has 150 valence electrons. The molecule has 1 heterocycles. The summed E-state index contributed by atoms with van der Waals surface area (Å²) in [5, 5.41) is 6.15. The van der Waals surface area contributed by atoms with Gasteiger partial charge >= 0.3 is 0 Å². The predicted octanol–water partition coefficient (Wildman–Crippen LogP) is 5.89. The van der Waals surface area contributed by atoms with Crippen LogP contribution in [-0.2, 0) is 0 Å². The van der Waals surface area contributed by atoms with Crippen LogP contribution in [0.2, 0.25) is 5.02 Å². The molecule has 0 atom stereocenters. The molecule has 0 unspecified atom stereocenters. The summed E-state index contributed by atoms with van der Waals surface area (Å²) in [7, 11) is 0. The van der Waals surface area contributed by atoms with Crippen molar-refractivity contribution >= 4 is 51.6 Å². The van der Waals surface area contributed by atoms with Crippen molar-refractivity contribution in [2.75, 3.05) is 5.32 Å². The first-order valence-corrected chi connectivity index (χ1v) is 10.0. The first-order chi connectivity index (χ1) is 14.4. The summed E-state index contributed by atoms with van der Waals surface area (Å²) >= 11 is 11.3. The highest BCUT2D eigenvalue weighted by atomic mass is 35.5. The summed E-state index contributed by atoms with van der Waals surface area (Å²) in [5.74, 6) is 0.182. The number of hydrogen-bond donors (Lipinski definition) is 2. The number of rotatable bonds is 3. The summed E-state index contributed by atoms with van der Waals surface area (Å²) < 4.78 is 5.90. The lowest BCUT2D eigenvalue weighted by Gasteiger charge is -2.10. The van der Waals surface area contributed by atoms with Crippen molar-refractivity contribution in [3.05, 3.63) is 82.4 Å². The number of anilines is 1. The van der Waals surface area contributed by atoms with E-state index in [0.29, 0.717) is 33.3 Å². The maximum atomic E-state index is 12.3. The number of carbonyl (C=O) groups excluding carboxylic acids is 1. The molecule has 1 aromatic heterocycles. The molecule has 0 aliphatic carbocycles. The normalized spacial score (nSPS) is 10.8. The second-order valence-corrected chi connectivity index (χ2v) is 7.78. The minimum absolute atomic E-state index is 0.164. The number of halogens is 1. The van der Waals surface area contributed by atoms with E-state index in [1.54, 1.807) is 24.3 Å². The number of hydrogen-bond acceptors (Lipinski definition) is 4. The van der Waals surface area contributed by atoms with Crippen LogP contribution < -0.4 is 10.6 Å². The van der Waals surface area contributed by atoms with Crippen molar-refractivity contribution in [1.29, 1.82) is 0 Å². The van der Waals surface area contributed by atoms with Gasteiger partial charge in [0.05, 0.1) is 10.6 Å². The number of thiocarbonyl (C=S) groups is 1. The molecule has 2 N–H and O–H groups in total. The minimum atomic E-state index is -0.377. The molecule has 3 aromatic carbocycles. The van der Waals surface area contributed by atoms with Gasteiger partial charge in [-0.2, -0.15) is 0 Å². The number of aryl methyl sites for hydroxylation is 2. The Balaban J connectivity index is 1.51. The molecule has 0 saturated heterocycles. The van der Waals surface area contributed by atoms with Gasteiger partial charge < -0.3 is 9.73 Å². The van der Waals surface area contributed by atoms with E-state index in [-0.39, 0.29) is 11.0 Å². The SMILES string of the molecule is Cc1cc(C)cc(-c2nc3cc(NC(=S)NC(=O)c4ccccc4Cl)ccc3o2)c1. The van der Waals surface area contributed by atoms with E-state index in [1.165, 1.54) is 0 Å². The molecule has 0 radical (unpaired) electrons. The van der Waals surface area contributed by atoms with Gasteiger partial charge in [0, 0.05) is 11.3 Å². The van der Waals surface area contributed by atoms with Crippen LogP contribution in [0.25, 0.3) is 22.6 Å². The molecule has 0 saturated carbocycles. The molecule has 0 fully saturated rings. The van der Waals surface area contributed by atoms with Crippen molar-refractivity contribution in [2.45, 2.75) is 13.8 Å². The summed E-state index contributed by atoms with van der Waals surface area (Å²) in [4.78, 5) is 16.9. The van der Waals surface area contributed by atoms with E-state index in [0.717, 1.165) is 16.7 Å². The van der Waals surface area contributed by atoms with Crippen LogP contribution >= 0.6 is 23.8 Å². The monoisotopic (exact) mass is 435 g/mol. The average molecular weight is 436 g/mol. The molecule has 30 heavy (non-hydrogen) atoms. The van der Waals surface area contributed by atoms with Gasteiger partial charge in [0.15, 0.2) is 10.7 Å². The van der Waals surface area contributed by atoms with E-state index in [2.05, 4.69) is 21.7 Å². The maximum Gasteiger partial charge on any atom is 0.258 e. The Kier molecular flexibility index (Phi) is 5.53. The Morgan fingerprint density at radius 3 is 2.50 bits per heavy atom. The number of oxazole rings is 1. The fourth-order valence-corrected chi connectivity index (χ4v) is 3.64. The standard InChI is InChI=1S/C23H18ClN3O2S/c1-13-9-14(2)11-15(10-13)22-26-19-12-16(7-8-20(19)29-22)25-23(30)27-21(28)17-5-3-4-6-18(17)24/h3-12H,1-2H3,(H2,25,27,28,30). The average Bonchev–Trinajstić information content (AvgIpc) is 3.11. The van der Waals surface area contributed by atoms with Crippen LogP contribution in [0.1, 0.15) is 21.5 Å². The van der Waals surface area contributed by atoms with Crippen LogP contribution in [0, 0.1) is 13.8 Å². The molecule has 7 heteroatoms. The van der Waals surface area contributed by atoms with Gasteiger partial charge in [0.2, 0.25) is 5.89 Å². The largest absolute Gasteiger partial charge is 0.436 e. The minimum Gasteiger partial charge on any atom is -0.436 e. The third-order valence-electron chi connectivity index (χ3n) is 4.46. The molecule has 0 bridgehead atoms. The number of nitrogens with zero attached hydrogens (tertiary/aromatic N) is 1. The lowest BCUT2D eigenvalue weighted by atomic mass is 10.1. The molecule has 0 spiro atoms. The molecule has 5 nitrogen and oxygen atoms in total. The zero-order valence-corrected chi connectivity index (χ0v) is 17.9. The van der Waals surface area contributed by atoms with Crippen molar-refractivity contribution in [2.24, 2.45) is 0 Å². The van der Waals surface area contributed by atoms with Gasteiger partial charge in [0.1, 0.15) is 5.52 Å². The van der Waals surface area contributed by atoms with Gasteiger partial charge in [-0.1, -0.05) is 40.9 Å². The van der Waals surface area contributed by atoms with Gasteiger partial charge in [-0.15, -0.1) is 0 Å². The van der Waals surface area contributed by atoms with Crippen LogP contribution in [0.5, 0.6) is 0 Å². The second-order valence-electron chi connectivity index (χ2n) is 6.97. The Morgan fingerprint density at radius 2 is 1.77 bits per heavy atom. The van der Waals surface area contributed by atoms with Gasteiger partial charge in [-0.3, -0.25) is 10.1 Å². The van der Waals surface area contributed by atoms with Crippen LogP contribution in [0.4, 0.5) is 5.69 Å². The lowest BCUT2D eigenvalue weighted by Crippen LogP contribution is -2.34. The van der Waals surface area contributed by atoms with E-state index < -0.39 is 0 Å². The Labute approximate surface area is 184 Å². The fraction of sp³-hybridized carbons (Fsp3) is 0.0870. The first-order valence-electron chi connectivity index (χ1n) is 9.25. The lowest BCUT2D eigenvalue weighted by molar-refractivity contribution is 0.0978. The van der Waals surface area contributed by atoms with E-state index in [1.807, 2.05) is 44.2 Å². The Hall–Kier alpha value is -3.22. The molecule has 0 aliphatic heterocycles. The summed E-state index contributed by atoms with van der Waals surface area (Å²) in [6.45, 7) is 4.08. The van der Waals surface area contributed by atoms with Crippen LogP contribution in [-0.4, -0.2) is 16.0 Å². The highest BCUT2D eigenvalue weighted by Gasteiger charge is 2.13. The zero-order chi connectivity index (χ0) is 21.3. The van der Waals surface area contributed by atoms with Crippen molar-refractivity contribution in [1.82, 2.24) is 10.3 Å². The maximum absolute atomic E-state index is 12.3. The van der Waals surface area contributed by atoms with Gasteiger partial charge in [-0.25, -0.2) is 4.98 Å². The molecule has 4 rings (SSSR count). The predicted molar refractivity (Wildman–Crippen MR) is 124 cm³/mol. The molecule has 0 aliphatic rings. The number of nitrogens with one attached hydrogen (secondary N) is 2. The van der Waals surface area contributed by atoms with Crippen LogP contribution in [0.3, 0.4) is 0 Å². The van der Waals surface area contributed by atoms with Gasteiger partial charge in [-0.05, 0) is 68.5 Å². The quantitative estimate of drug-likeness (QED) is 0.392. The third-order valence-corrected chi connectivity index (χ3v) is 4.99. The van der Waals surface area contributed by atoms with E-state index in [4.69, 9.17) is 28.2 Å². The third kappa shape index (κ3) is 4.35. The zero-order valence-electron chi connectivity index (χ0n) is 16.3. The molecular weight excluding hydrogens is 418 g/mol. The number of aromatic nitrogens is 1. The number of fused-ring (bicyclic) bond motifs is 1. The fourth-order valence-electron chi connectivity index (χ4n) is 3.20. The highest BCUT2D eigenvalue weighted by molar-refractivity contribution is 7.80. The highest BCUT2D eigenvalue weighted by Crippen LogP contribution is 2.27. The summed E-state index contributed by atoms with van der Waals surface area (Å²) in [6.07, 6.45) is 0. The van der Waals surface area contributed by atoms with E-state index in [9.17, 15) is 4.79 Å². The Morgan fingerprint density at radius 1 is 1.03 bits per heavy atom. The first kappa shape index (κ1) is 20.1. The van der Waals surface area contributed by atoms with Crippen LogP contribution in [0.15, 0.2) is 65.1 Å². The topological polar surface area (TPSA) is 67.2 Å². The van der Waals surface area contributed by atoms with Gasteiger partial charge in [0.25, 0.3) is 5.91 Å². The summed E-state index contributed by atoms with van der Waals surface area (Å²) in [5.41, 5.74) is 5.62. The number of amides is 1.